The Morgan fingerprint density at radius 3 is 2.56 bits per heavy atom. The molecule has 2 rings (SSSR count). The van der Waals surface area contributed by atoms with Crippen molar-refractivity contribution in [3.63, 3.8) is 0 Å². The first-order valence-electron chi connectivity index (χ1n) is 5.75. The SMILES string of the molecule is CC(=O)[C@@H]1CCC(=O)C[C@@H]1c1ccccc1. The maximum absolute atomic E-state index is 11.6. The predicted octanol–water partition coefficient (Wildman–Crippen LogP) is 2.73. The third-order valence-electron chi connectivity index (χ3n) is 3.42. The average molecular weight is 216 g/mol. The molecule has 1 aromatic rings. The van der Waals surface area contributed by atoms with Gasteiger partial charge in [0.1, 0.15) is 11.6 Å². The summed E-state index contributed by atoms with van der Waals surface area (Å²) in [5, 5.41) is 0. The number of hydrogen-bond acceptors (Lipinski definition) is 2. The molecule has 0 spiro atoms. The topological polar surface area (TPSA) is 34.1 Å². The fraction of sp³-hybridized carbons (Fsp3) is 0.429. The van der Waals surface area contributed by atoms with Crippen LogP contribution in [0.1, 0.15) is 37.7 Å². The normalized spacial score (nSPS) is 25.4. The van der Waals surface area contributed by atoms with Gasteiger partial charge in [0.2, 0.25) is 0 Å². The Bertz CT molecular complexity index is 394. The third kappa shape index (κ3) is 2.21. The highest BCUT2D eigenvalue weighted by molar-refractivity contribution is 5.86. The summed E-state index contributed by atoms with van der Waals surface area (Å²) in [7, 11) is 0. The third-order valence-corrected chi connectivity index (χ3v) is 3.42. The van der Waals surface area contributed by atoms with Crippen LogP contribution in [0.5, 0.6) is 0 Å². The molecule has 1 aliphatic carbocycles. The van der Waals surface area contributed by atoms with Crippen molar-refractivity contribution < 1.29 is 9.59 Å². The van der Waals surface area contributed by atoms with E-state index < -0.39 is 0 Å². The standard InChI is InChI=1S/C14H16O2/c1-10(15)13-8-7-12(16)9-14(13)11-5-3-2-4-6-11/h2-6,13-14H,7-9H2,1H3/t13-,14+/m0/s1. The summed E-state index contributed by atoms with van der Waals surface area (Å²) >= 11 is 0. The summed E-state index contributed by atoms with van der Waals surface area (Å²) < 4.78 is 0. The van der Waals surface area contributed by atoms with E-state index in [4.69, 9.17) is 0 Å². The van der Waals surface area contributed by atoms with Gasteiger partial charge < -0.3 is 0 Å². The molecule has 0 N–H and O–H groups in total. The predicted molar refractivity (Wildman–Crippen MR) is 62.2 cm³/mol. The lowest BCUT2D eigenvalue weighted by atomic mass is 9.73. The lowest BCUT2D eigenvalue weighted by Gasteiger charge is -2.29. The molecule has 1 aromatic carbocycles. The Hall–Kier alpha value is -1.44. The highest BCUT2D eigenvalue weighted by Crippen LogP contribution is 2.36. The first-order chi connectivity index (χ1) is 7.68. The Morgan fingerprint density at radius 2 is 1.94 bits per heavy atom. The Balaban J connectivity index is 2.27. The molecule has 0 heterocycles. The van der Waals surface area contributed by atoms with E-state index in [1.54, 1.807) is 6.92 Å². The van der Waals surface area contributed by atoms with Crippen LogP contribution in [0.4, 0.5) is 0 Å². The van der Waals surface area contributed by atoms with Gasteiger partial charge in [0.25, 0.3) is 0 Å². The first-order valence-corrected chi connectivity index (χ1v) is 5.75. The van der Waals surface area contributed by atoms with Crippen LogP contribution < -0.4 is 0 Å². The van der Waals surface area contributed by atoms with Gasteiger partial charge in [0.15, 0.2) is 0 Å². The van der Waals surface area contributed by atoms with Crippen LogP contribution in [-0.2, 0) is 9.59 Å². The van der Waals surface area contributed by atoms with Crippen molar-refractivity contribution in [2.75, 3.05) is 0 Å². The molecule has 1 fully saturated rings. The number of rotatable bonds is 2. The van der Waals surface area contributed by atoms with Crippen molar-refractivity contribution in [2.24, 2.45) is 5.92 Å². The summed E-state index contributed by atoms with van der Waals surface area (Å²) in [6.07, 6.45) is 1.80. The lowest BCUT2D eigenvalue weighted by molar-refractivity contribution is -0.126. The number of carbonyl (C=O) groups is 2. The minimum absolute atomic E-state index is 0.0279. The Morgan fingerprint density at radius 1 is 1.25 bits per heavy atom. The summed E-state index contributed by atoms with van der Waals surface area (Å²) in [6, 6.07) is 9.91. The van der Waals surface area contributed by atoms with Crippen LogP contribution in [0.2, 0.25) is 0 Å². The molecule has 0 unspecified atom stereocenters. The summed E-state index contributed by atoms with van der Waals surface area (Å²) in [5.74, 6) is 0.618. The monoisotopic (exact) mass is 216 g/mol. The number of hydrogen-bond donors (Lipinski definition) is 0. The number of ketones is 2. The fourth-order valence-electron chi connectivity index (χ4n) is 2.54. The fourth-order valence-corrected chi connectivity index (χ4v) is 2.54. The number of Topliss-reactive ketones (excluding diaryl/α,β-unsaturated/α-hetero) is 2. The Labute approximate surface area is 95.7 Å². The molecule has 0 bridgehead atoms. The molecule has 84 valence electrons. The van der Waals surface area contributed by atoms with Crippen molar-refractivity contribution in [1.29, 1.82) is 0 Å². The molecule has 2 heteroatoms. The molecule has 2 atom stereocenters. The highest BCUT2D eigenvalue weighted by Gasteiger charge is 2.32. The van der Waals surface area contributed by atoms with Crippen LogP contribution in [0.3, 0.4) is 0 Å². The number of carbonyl (C=O) groups excluding carboxylic acids is 2. The molecular weight excluding hydrogens is 200 g/mol. The van der Waals surface area contributed by atoms with E-state index in [0.717, 1.165) is 5.56 Å². The van der Waals surface area contributed by atoms with E-state index >= 15 is 0 Å². The van der Waals surface area contributed by atoms with E-state index in [1.807, 2.05) is 30.3 Å². The molecule has 2 nitrogen and oxygen atoms in total. The minimum Gasteiger partial charge on any atom is -0.300 e. The molecule has 16 heavy (non-hydrogen) atoms. The lowest BCUT2D eigenvalue weighted by Crippen LogP contribution is -2.28. The van der Waals surface area contributed by atoms with Crippen LogP contribution in [0, 0.1) is 5.92 Å². The van der Waals surface area contributed by atoms with E-state index in [1.165, 1.54) is 0 Å². The van der Waals surface area contributed by atoms with Crippen LogP contribution >= 0.6 is 0 Å². The second-order valence-corrected chi connectivity index (χ2v) is 4.52. The molecule has 1 saturated carbocycles. The van der Waals surface area contributed by atoms with E-state index in [-0.39, 0.29) is 23.4 Å². The van der Waals surface area contributed by atoms with Crippen LogP contribution in [-0.4, -0.2) is 11.6 Å². The van der Waals surface area contributed by atoms with Gasteiger partial charge in [-0.2, -0.15) is 0 Å². The highest BCUT2D eigenvalue weighted by atomic mass is 16.1. The second-order valence-electron chi connectivity index (χ2n) is 4.52. The molecule has 0 radical (unpaired) electrons. The van der Waals surface area contributed by atoms with E-state index in [9.17, 15) is 9.59 Å². The van der Waals surface area contributed by atoms with E-state index in [0.29, 0.717) is 19.3 Å². The minimum atomic E-state index is 0.0279. The smallest absolute Gasteiger partial charge is 0.133 e. The average Bonchev–Trinajstić information content (AvgIpc) is 2.29. The van der Waals surface area contributed by atoms with Crippen LogP contribution in [0.15, 0.2) is 30.3 Å². The van der Waals surface area contributed by atoms with Gasteiger partial charge in [-0.3, -0.25) is 9.59 Å². The second kappa shape index (κ2) is 4.60. The van der Waals surface area contributed by atoms with Crippen molar-refractivity contribution in [2.45, 2.75) is 32.1 Å². The molecule has 0 amide bonds. The number of benzene rings is 1. The van der Waals surface area contributed by atoms with Gasteiger partial charge in [0.05, 0.1) is 0 Å². The summed E-state index contributed by atoms with van der Waals surface area (Å²) in [6.45, 7) is 1.64. The zero-order chi connectivity index (χ0) is 11.5. The van der Waals surface area contributed by atoms with Gasteiger partial charge in [0, 0.05) is 24.7 Å². The summed E-state index contributed by atoms with van der Waals surface area (Å²) in [4.78, 5) is 23.1. The molecule has 1 aliphatic rings. The first kappa shape index (κ1) is 11.1. The van der Waals surface area contributed by atoms with Gasteiger partial charge in [-0.05, 0) is 18.9 Å². The maximum Gasteiger partial charge on any atom is 0.133 e. The Kier molecular flexibility index (Phi) is 3.18. The zero-order valence-electron chi connectivity index (χ0n) is 9.48. The molecular formula is C14H16O2. The van der Waals surface area contributed by atoms with Gasteiger partial charge >= 0.3 is 0 Å². The summed E-state index contributed by atoms with van der Waals surface area (Å²) in [5.41, 5.74) is 1.12. The van der Waals surface area contributed by atoms with Gasteiger partial charge in [-0.1, -0.05) is 30.3 Å². The quantitative estimate of drug-likeness (QED) is 0.761. The van der Waals surface area contributed by atoms with Crippen molar-refractivity contribution in [1.82, 2.24) is 0 Å². The van der Waals surface area contributed by atoms with Gasteiger partial charge in [-0.25, -0.2) is 0 Å². The van der Waals surface area contributed by atoms with Gasteiger partial charge in [-0.15, -0.1) is 0 Å². The molecule has 0 aliphatic heterocycles. The zero-order valence-corrected chi connectivity index (χ0v) is 9.48. The maximum atomic E-state index is 11.6. The molecule has 0 aromatic heterocycles. The van der Waals surface area contributed by atoms with Crippen molar-refractivity contribution in [3.8, 4) is 0 Å². The molecule has 0 saturated heterocycles. The van der Waals surface area contributed by atoms with Crippen LogP contribution in [0.25, 0.3) is 0 Å². The van der Waals surface area contributed by atoms with Crippen molar-refractivity contribution in [3.05, 3.63) is 35.9 Å². The largest absolute Gasteiger partial charge is 0.300 e. The van der Waals surface area contributed by atoms with Crippen molar-refractivity contribution >= 4 is 11.6 Å². The van der Waals surface area contributed by atoms with E-state index in [2.05, 4.69) is 0 Å².